The van der Waals surface area contributed by atoms with Crippen LogP contribution < -0.4 is 0 Å². The van der Waals surface area contributed by atoms with E-state index in [0.29, 0.717) is 13.0 Å². The first kappa shape index (κ1) is 18.7. The lowest BCUT2D eigenvalue weighted by molar-refractivity contribution is -0.144. The Bertz CT molecular complexity index is 274. The number of unbranched alkanes of at least 4 members (excludes halogenated alkanes) is 7. The van der Waals surface area contributed by atoms with Gasteiger partial charge in [-0.3, -0.25) is 9.59 Å². The number of hydrogen-bond acceptors (Lipinski definition) is 3. The summed E-state index contributed by atoms with van der Waals surface area (Å²) in [7, 11) is 0. The van der Waals surface area contributed by atoms with E-state index in [1.54, 1.807) is 0 Å². The van der Waals surface area contributed by atoms with E-state index in [4.69, 9.17) is 9.84 Å². The highest BCUT2D eigenvalue weighted by molar-refractivity contribution is 5.71. The number of carbonyl (C=O) groups is 2. The van der Waals surface area contributed by atoms with Crippen molar-refractivity contribution in [2.75, 3.05) is 6.61 Å². The lowest BCUT2D eigenvalue weighted by atomic mass is 10.1. The lowest BCUT2D eigenvalue weighted by Gasteiger charge is -2.04. The molecule has 0 aromatic rings. The monoisotopic (exact) mass is 284 g/mol. The molecule has 0 spiro atoms. The van der Waals surface area contributed by atoms with Gasteiger partial charge in [0.25, 0.3) is 0 Å². The fourth-order valence-corrected chi connectivity index (χ4v) is 1.92. The SMILES string of the molecule is C=CCCCCCCCCCOC(=O)CCCC(=O)O. The van der Waals surface area contributed by atoms with Gasteiger partial charge in [-0.05, 0) is 25.7 Å². The predicted octanol–water partition coefficient (Wildman–Crippen LogP) is 4.09. The maximum absolute atomic E-state index is 11.2. The first-order valence-electron chi connectivity index (χ1n) is 7.65. The summed E-state index contributed by atoms with van der Waals surface area (Å²) in [4.78, 5) is 21.5. The second kappa shape index (κ2) is 14.1. The maximum atomic E-state index is 11.2. The Morgan fingerprint density at radius 2 is 1.50 bits per heavy atom. The van der Waals surface area contributed by atoms with Crippen LogP contribution in [0.25, 0.3) is 0 Å². The molecular weight excluding hydrogens is 256 g/mol. The van der Waals surface area contributed by atoms with Gasteiger partial charge in [-0.15, -0.1) is 6.58 Å². The molecule has 4 nitrogen and oxygen atoms in total. The fraction of sp³-hybridized carbons (Fsp3) is 0.750. The van der Waals surface area contributed by atoms with Crippen molar-refractivity contribution in [1.29, 1.82) is 0 Å². The van der Waals surface area contributed by atoms with Crippen molar-refractivity contribution < 1.29 is 19.4 Å². The van der Waals surface area contributed by atoms with E-state index in [0.717, 1.165) is 19.3 Å². The Balaban J connectivity index is 3.17. The molecule has 0 rings (SSSR count). The Morgan fingerprint density at radius 1 is 0.900 bits per heavy atom. The van der Waals surface area contributed by atoms with E-state index in [1.807, 2.05) is 6.08 Å². The van der Waals surface area contributed by atoms with Crippen molar-refractivity contribution in [3.63, 3.8) is 0 Å². The third-order valence-corrected chi connectivity index (χ3v) is 3.09. The third kappa shape index (κ3) is 14.7. The normalized spacial score (nSPS) is 10.2. The summed E-state index contributed by atoms with van der Waals surface area (Å²) in [6.07, 6.45) is 11.8. The number of ether oxygens (including phenoxy) is 1. The molecule has 0 aliphatic heterocycles. The molecule has 4 heteroatoms. The van der Waals surface area contributed by atoms with Gasteiger partial charge in [0.15, 0.2) is 0 Å². The molecule has 0 aliphatic rings. The minimum atomic E-state index is -0.870. The summed E-state index contributed by atoms with van der Waals surface area (Å²) in [6, 6.07) is 0. The molecule has 0 unspecified atom stereocenters. The van der Waals surface area contributed by atoms with Crippen LogP contribution in [-0.4, -0.2) is 23.7 Å². The van der Waals surface area contributed by atoms with Crippen molar-refractivity contribution in [3.8, 4) is 0 Å². The lowest BCUT2D eigenvalue weighted by Crippen LogP contribution is -2.06. The van der Waals surface area contributed by atoms with Crippen molar-refractivity contribution in [1.82, 2.24) is 0 Å². The van der Waals surface area contributed by atoms with Crippen LogP contribution >= 0.6 is 0 Å². The Hall–Kier alpha value is -1.32. The summed E-state index contributed by atoms with van der Waals surface area (Å²) >= 11 is 0. The van der Waals surface area contributed by atoms with Crippen LogP contribution in [0.3, 0.4) is 0 Å². The molecule has 0 saturated carbocycles. The molecule has 0 aromatic carbocycles. The van der Waals surface area contributed by atoms with Crippen LogP contribution in [0.15, 0.2) is 12.7 Å². The first-order chi connectivity index (χ1) is 9.66. The molecule has 0 saturated heterocycles. The van der Waals surface area contributed by atoms with Gasteiger partial charge in [-0.1, -0.05) is 38.2 Å². The summed E-state index contributed by atoms with van der Waals surface area (Å²) in [6.45, 7) is 4.16. The molecule has 20 heavy (non-hydrogen) atoms. The largest absolute Gasteiger partial charge is 0.481 e. The van der Waals surface area contributed by atoms with Gasteiger partial charge in [0, 0.05) is 12.8 Å². The Labute approximate surface area is 122 Å². The highest BCUT2D eigenvalue weighted by atomic mass is 16.5. The van der Waals surface area contributed by atoms with Gasteiger partial charge in [0.1, 0.15) is 0 Å². The minimum Gasteiger partial charge on any atom is -0.481 e. The molecule has 116 valence electrons. The molecule has 0 fully saturated rings. The average Bonchev–Trinajstić information content (AvgIpc) is 2.40. The van der Waals surface area contributed by atoms with Crippen LogP contribution in [-0.2, 0) is 14.3 Å². The second-order valence-electron chi connectivity index (χ2n) is 5.02. The third-order valence-electron chi connectivity index (χ3n) is 3.09. The molecule has 0 bridgehead atoms. The standard InChI is InChI=1S/C16H28O4/c1-2-3-4-5-6-7-8-9-10-14-20-16(19)13-11-12-15(17)18/h2H,1,3-14H2,(H,17,18). The Kier molecular flexibility index (Phi) is 13.2. The molecule has 0 amide bonds. The average molecular weight is 284 g/mol. The molecule has 0 heterocycles. The van der Waals surface area contributed by atoms with Crippen molar-refractivity contribution in [2.45, 2.75) is 70.6 Å². The summed E-state index contributed by atoms with van der Waals surface area (Å²) in [5.41, 5.74) is 0. The number of carboxylic acid groups (broad SMARTS) is 1. The molecular formula is C16H28O4. The maximum Gasteiger partial charge on any atom is 0.305 e. The molecule has 0 atom stereocenters. The van der Waals surface area contributed by atoms with Gasteiger partial charge >= 0.3 is 11.9 Å². The number of carboxylic acids is 1. The number of aliphatic carboxylic acids is 1. The highest BCUT2D eigenvalue weighted by Crippen LogP contribution is 2.09. The van der Waals surface area contributed by atoms with E-state index in [1.165, 1.54) is 32.1 Å². The van der Waals surface area contributed by atoms with Crippen molar-refractivity contribution in [2.24, 2.45) is 0 Å². The fourth-order valence-electron chi connectivity index (χ4n) is 1.92. The van der Waals surface area contributed by atoms with Gasteiger partial charge < -0.3 is 9.84 Å². The van der Waals surface area contributed by atoms with E-state index < -0.39 is 5.97 Å². The van der Waals surface area contributed by atoms with E-state index in [9.17, 15) is 9.59 Å². The van der Waals surface area contributed by atoms with Crippen molar-refractivity contribution >= 4 is 11.9 Å². The van der Waals surface area contributed by atoms with Gasteiger partial charge in [-0.2, -0.15) is 0 Å². The molecule has 0 radical (unpaired) electrons. The van der Waals surface area contributed by atoms with Gasteiger partial charge in [0.2, 0.25) is 0 Å². The van der Waals surface area contributed by atoms with Crippen LogP contribution in [0, 0.1) is 0 Å². The van der Waals surface area contributed by atoms with E-state index >= 15 is 0 Å². The van der Waals surface area contributed by atoms with Crippen molar-refractivity contribution in [3.05, 3.63) is 12.7 Å². The molecule has 0 aromatic heterocycles. The molecule has 1 N–H and O–H groups in total. The predicted molar refractivity (Wildman–Crippen MR) is 79.6 cm³/mol. The van der Waals surface area contributed by atoms with Crippen LogP contribution in [0.2, 0.25) is 0 Å². The van der Waals surface area contributed by atoms with Gasteiger partial charge in [0.05, 0.1) is 6.61 Å². The van der Waals surface area contributed by atoms with Crippen LogP contribution in [0.4, 0.5) is 0 Å². The zero-order valence-corrected chi connectivity index (χ0v) is 12.4. The minimum absolute atomic E-state index is 0.0287. The second-order valence-corrected chi connectivity index (χ2v) is 5.02. The summed E-state index contributed by atoms with van der Waals surface area (Å²) in [5, 5.41) is 8.43. The number of rotatable bonds is 14. The highest BCUT2D eigenvalue weighted by Gasteiger charge is 2.04. The van der Waals surface area contributed by atoms with Gasteiger partial charge in [-0.25, -0.2) is 0 Å². The molecule has 0 aliphatic carbocycles. The number of esters is 1. The summed E-state index contributed by atoms with van der Waals surface area (Å²) < 4.78 is 5.04. The van der Waals surface area contributed by atoms with E-state index in [2.05, 4.69) is 6.58 Å². The Morgan fingerprint density at radius 3 is 2.10 bits per heavy atom. The number of allylic oxidation sites excluding steroid dienone is 1. The van der Waals surface area contributed by atoms with E-state index in [-0.39, 0.29) is 18.8 Å². The first-order valence-corrected chi connectivity index (χ1v) is 7.65. The topological polar surface area (TPSA) is 63.6 Å². The zero-order valence-electron chi connectivity index (χ0n) is 12.4. The smallest absolute Gasteiger partial charge is 0.305 e. The zero-order chi connectivity index (χ0) is 15.1. The van der Waals surface area contributed by atoms with Crippen LogP contribution in [0.1, 0.15) is 70.6 Å². The van der Waals surface area contributed by atoms with Crippen LogP contribution in [0.5, 0.6) is 0 Å². The number of carbonyl (C=O) groups excluding carboxylic acids is 1. The number of hydrogen-bond donors (Lipinski definition) is 1. The quantitative estimate of drug-likeness (QED) is 0.296. The summed E-state index contributed by atoms with van der Waals surface area (Å²) in [5.74, 6) is -1.15.